The predicted octanol–water partition coefficient (Wildman–Crippen LogP) is 4.34. The van der Waals surface area contributed by atoms with Crippen molar-refractivity contribution in [2.45, 2.75) is 31.5 Å². The largest absolute Gasteiger partial charge is 0.497 e. The fourth-order valence-electron chi connectivity index (χ4n) is 5.42. The Balaban J connectivity index is 1.34. The molecule has 2 fully saturated rings. The van der Waals surface area contributed by atoms with Crippen molar-refractivity contribution in [2.75, 3.05) is 40.5 Å². The second kappa shape index (κ2) is 10.7. The van der Waals surface area contributed by atoms with Gasteiger partial charge in [0, 0.05) is 44.2 Å². The molecule has 0 saturated carbocycles. The van der Waals surface area contributed by atoms with Crippen LogP contribution >= 0.6 is 11.6 Å². The molecule has 0 radical (unpaired) electrons. The quantitative estimate of drug-likeness (QED) is 0.323. The van der Waals surface area contributed by atoms with Crippen LogP contribution in [-0.2, 0) is 22.6 Å². The van der Waals surface area contributed by atoms with E-state index in [2.05, 4.69) is 16.0 Å². The number of hydrogen-bond acceptors (Lipinski definition) is 6. The maximum atomic E-state index is 13.8. The Morgan fingerprint density at radius 2 is 1.78 bits per heavy atom. The van der Waals surface area contributed by atoms with Gasteiger partial charge in [-0.15, -0.1) is 0 Å². The summed E-state index contributed by atoms with van der Waals surface area (Å²) < 4.78 is 10.6. The van der Waals surface area contributed by atoms with E-state index in [0.29, 0.717) is 56.5 Å². The summed E-state index contributed by atoms with van der Waals surface area (Å²) in [6, 6.07) is 17.2. The molecule has 2 aliphatic rings. The van der Waals surface area contributed by atoms with Gasteiger partial charge in [-0.1, -0.05) is 41.9 Å². The van der Waals surface area contributed by atoms with E-state index in [-0.39, 0.29) is 18.5 Å². The molecule has 3 heterocycles. The van der Waals surface area contributed by atoms with Crippen LogP contribution in [0.5, 0.6) is 5.75 Å². The number of methoxy groups -OCH3 is 2. The average Bonchev–Trinajstić information content (AvgIpc) is 3.10. The van der Waals surface area contributed by atoms with E-state index in [1.54, 1.807) is 19.1 Å². The number of urea groups is 1. The van der Waals surface area contributed by atoms with Crippen LogP contribution in [0, 0.1) is 0 Å². The Labute approximate surface area is 221 Å². The van der Waals surface area contributed by atoms with Crippen molar-refractivity contribution in [3.63, 3.8) is 0 Å². The first kappa shape index (κ1) is 25.4. The van der Waals surface area contributed by atoms with Crippen molar-refractivity contribution in [3.05, 3.63) is 70.9 Å². The van der Waals surface area contributed by atoms with Gasteiger partial charge in [-0.25, -0.2) is 9.78 Å². The van der Waals surface area contributed by atoms with Crippen molar-refractivity contribution < 1.29 is 19.1 Å². The first-order chi connectivity index (χ1) is 17.9. The number of ether oxygens (including phenoxy) is 2. The predicted molar refractivity (Wildman–Crippen MR) is 142 cm³/mol. The van der Waals surface area contributed by atoms with E-state index < -0.39 is 5.54 Å². The van der Waals surface area contributed by atoms with Gasteiger partial charge in [0.2, 0.25) is 0 Å². The second-order valence-corrected chi connectivity index (χ2v) is 9.97. The van der Waals surface area contributed by atoms with E-state index in [1.165, 1.54) is 4.90 Å². The zero-order valence-corrected chi connectivity index (χ0v) is 21.9. The number of aromatic nitrogens is 1. The fourth-order valence-corrected chi connectivity index (χ4v) is 5.63. The van der Waals surface area contributed by atoms with Crippen LogP contribution in [0.4, 0.5) is 4.79 Å². The molecule has 194 valence electrons. The first-order valence-electron chi connectivity index (χ1n) is 12.5. The van der Waals surface area contributed by atoms with E-state index in [1.807, 2.05) is 48.5 Å². The molecule has 0 unspecified atom stereocenters. The zero-order valence-electron chi connectivity index (χ0n) is 21.2. The van der Waals surface area contributed by atoms with E-state index >= 15 is 0 Å². The van der Waals surface area contributed by atoms with E-state index in [9.17, 15) is 9.59 Å². The van der Waals surface area contributed by atoms with Crippen molar-refractivity contribution in [3.8, 4) is 5.75 Å². The molecule has 2 aliphatic heterocycles. The maximum Gasteiger partial charge on any atom is 0.328 e. The van der Waals surface area contributed by atoms with Gasteiger partial charge in [0.1, 0.15) is 16.4 Å². The molecule has 1 aromatic heterocycles. The third kappa shape index (κ3) is 4.89. The fraction of sp³-hybridized carbons (Fsp3) is 0.393. The summed E-state index contributed by atoms with van der Waals surface area (Å²) in [5, 5.41) is 1.54. The molecule has 1 spiro atoms. The Bertz CT molecular complexity index is 1310. The number of amides is 3. The molecule has 9 heteroatoms. The first-order valence-corrected chi connectivity index (χ1v) is 12.8. The number of imide groups is 1. The number of rotatable bonds is 8. The Kier molecular flexibility index (Phi) is 7.33. The summed E-state index contributed by atoms with van der Waals surface area (Å²) in [6.45, 7) is 2.92. The lowest BCUT2D eigenvalue weighted by Gasteiger charge is -2.42. The highest BCUT2D eigenvalue weighted by atomic mass is 35.5. The highest BCUT2D eigenvalue weighted by molar-refractivity contribution is 6.30. The molecule has 2 aromatic carbocycles. The van der Waals surface area contributed by atoms with Crippen LogP contribution in [-0.4, -0.2) is 77.6 Å². The van der Waals surface area contributed by atoms with Crippen molar-refractivity contribution in [2.24, 2.45) is 0 Å². The highest BCUT2D eigenvalue weighted by Gasteiger charge is 2.57. The molecule has 5 rings (SSSR count). The normalized spacial score (nSPS) is 17.8. The maximum absolute atomic E-state index is 13.8. The van der Waals surface area contributed by atoms with Crippen LogP contribution in [0.25, 0.3) is 10.9 Å². The molecular formula is C28H31ClN4O4. The number of hydrogen-bond donors (Lipinski definition) is 0. The Morgan fingerprint density at radius 3 is 2.54 bits per heavy atom. The van der Waals surface area contributed by atoms with Gasteiger partial charge >= 0.3 is 6.03 Å². The van der Waals surface area contributed by atoms with Crippen LogP contribution < -0.4 is 4.74 Å². The zero-order chi connectivity index (χ0) is 26.0. The summed E-state index contributed by atoms with van der Waals surface area (Å²) in [7, 11) is 3.20. The highest BCUT2D eigenvalue weighted by Crippen LogP contribution is 2.38. The monoisotopic (exact) mass is 522 g/mol. The molecule has 0 atom stereocenters. The number of benzene rings is 2. The topological polar surface area (TPSA) is 75.2 Å². The minimum atomic E-state index is -0.865. The molecule has 0 N–H and O–H groups in total. The van der Waals surface area contributed by atoms with E-state index in [0.717, 1.165) is 22.0 Å². The van der Waals surface area contributed by atoms with Crippen LogP contribution in [0.2, 0.25) is 5.15 Å². The number of likely N-dealkylation sites (tertiary alicyclic amines) is 1. The lowest BCUT2D eigenvalue weighted by molar-refractivity contribution is -0.136. The van der Waals surface area contributed by atoms with E-state index in [4.69, 9.17) is 21.1 Å². The number of nitrogens with zero attached hydrogens (tertiary/aromatic N) is 4. The molecular weight excluding hydrogens is 492 g/mol. The van der Waals surface area contributed by atoms with Gasteiger partial charge in [-0.2, -0.15) is 0 Å². The number of pyridine rings is 1. The minimum Gasteiger partial charge on any atom is -0.497 e. The lowest BCUT2D eigenvalue weighted by Crippen LogP contribution is -2.57. The number of fused-ring (bicyclic) bond motifs is 1. The van der Waals surface area contributed by atoms with Crippen molar-refractivity contribution in [1.29, 1.82) is 0 Å². The SMILES string of the molecule is COCCN1C(=O)N(Cc2cccc(OC)c2)C(=O)C12CCN(Cc1cc3ccccc3nc1Cl)CC2. The van der Waals surface area contributed by atoms with Crippen molar-refractivity contribution >= 4 is 34.4 Å². The molecule has 3 aromatic rings. The van der Waals surface area contributed by atoms with Gasteiger partial charge < -0.3 is 14.4 Å². The van der Waals surface area contributed by atoms with Gasteiger partial charge in [-0.05, 0) is 42.7 Å². The number of halogens is 1. The van der Waals surface area contributed by atoms with Gasteiger partial charge in [0.25, 0.3) is 5.91 Å². The number of carbonyl (C=O) groups excluding carboxylic acids is 2. The summed E-state index contributed by atoms with van der Waals surface area (Å²) in [5.41, 5.74) is 1.81. The number of piperidine rings is 1. The molecule has 8 nitrogen and oxygen atoms in total. The third-order valence-corrected chi connectivity index (χ3v) is 7.77. The van der Waals surface area contributed by atoms with Crippen LogP contribution in [0.3, 0.4) is 0 Å². The van der Waals surface area contributed by atoms with Crippen LogP contribution in [0.1, 0.15) is 24.0 Å². The Morgan fingerprint density at radius 1 is 1.00 bits per heavy atom. The second-order valence-electron chi connectivity index (χ2n) is 9.61. The third-order valence-electron chi connectivity index (χ3n) is 7.44. The standard InChI is InChI=1S/C28H31ClN4O4/c1-36-15-14-33-27(35)32(18-20-6-5-8-23(16-20)37-2)26(34)28(33)10-12-31(13-11-28)19-22-17-21-7-3-4-9-24(21)30-25(22)29/h3-9,16-17H,10-15,18-19H2,1-2H3. The lowest BCUT2D eigenvalue weighted by atomic mass is 9.85. The minimum absolute atomic E-state index is 0.138. The molecule has 37 heavy (non-hydrogen) atoms. The average molecular weight is 523 g/mol. The molecule has 3 amide bonds. The van der Waals surface area contributed by atoms with Gasteiger partial charge in [0.15, 0.2) is 0 Å². The number of carbonyl (C=O) groups is 2. The van der Waals surface area contributed by atoms with Crippen molar-refractivity contribution in [1.82, 2.24) is 19.7 Å². The molecule has 0 aliphatic carbocycles. The van der Waals surface area contributed by atoms with Crippen LogP contribution in [0.15, 0.2) is 54.6 Å². The summed E-state index contributed by atoms with van der Waals surface area (Å²) in [6.07, 6.45) is 1.10. The molecule has 2 saturated heterocycles. The molecule has 0 bridgehead atoms. The Hall–Kier alpha value is -3.20. The van der Waals surface area contributed by atoms with Gasteiger partial charge in [0.05, 0.1) is 25.8 Å². The summed E-state index contributed by atoms with van der Waals surface area (Å²) >= 11 is 6.51. The van der Waals surface area contributed by atoms with Gasteiger partial charge in [-0.3, -0.25) is 14.6 Å². The summed E-state index contributed by atoms with van der Waals surface area (Å²) in [5.74, 6) is 0.555. The smallest absolute Gasteiger partial charge is 0.328 e. The number of para-hydroxylation sites is 1. The summed E-state index contributed by atoms with van der Waals surface area (Å²) in [4.78, 5) is 37.3.